The van der Waals surface area contributed by atoms with Crippen molar-refractivity contribution in [2.75, 3.05) is 0 Å². The summed E-state index contributed by atoms with van der Waals surface area (Å²) in [5.41, 5.74) is 0. The van der Waals surface area contributed by atoms with Crippen molar-refractivity contribution < 1.29 is 6.85 Å². The molecular formula is C4H5BrN2. The molecule has 2 nitrogen and oxygen atoms in total. The van der Waals surface area contributed by atoms with Gasteiger partial charge in [-0.05, 0) is 15.9 Å². The fourth-order valence-corrected chi connectivity index (χ4v) is 0.383. The van der Waals surface area contributed by atoms with E-state index in [1.54, 1.807) is 0 Å². The van der Waals surface area contributed by atoms with Gasteiger partial charge in [-0.1, -0.05) is 0 Å². The summed E-state index contributed by atoms with van der Waals surface area (Å²) in [7, 11) is 0. The topological polar surface area (TPSA) is 17.8 Å². The molecule has 7 heavy (non-hydrogen) atoms. The molecule has 1 aromatic heterocycles. The van der Waals surface area contributed by atoms with Gasteiger partial charge in [0.2, 0.25) is 0 Å². The van der Waals surface area contributed by atoms with E-state index in [2.05, 4.69) is 20.9 Å². The lowest BCUT2D eigenvalue weighted by Crippen LogP contribution is -1.80. The van der Waals surface area contributed by atoms with Gasteiger partial charge in [0.05, 0.1) is 13.8 Å². The maximum Gasteiger partial charge on any atom is 0.104 e. The van der Waals surface area contributed by atoms with Crippen molar-refractivity contribution in [2.45, 2.75) is 0 Å². The van der Waals surface area contributed by atoms with Crippen LogP contribution in [0.25, 0.3) is 0 Å². The van der Waals surface area contributed by atoms with Crippen LogP contribution in [0.15, 0.2) is 17.1 Å². The van der Waals surface area contributed by atoms with E-state index in [9.17, 15) is 0 Å². The Morgan fingerprint density at radius 1 is 2.29 bits per heavy atom. The predicted molar refractivity (Wildman–Crippen MR) is 30.9 cm³/mol. The van der Waals surface area contributed by atoms with Crippen molar-refractivity contribution in [1.29, 1.82) is 0 Å². The third kappa shape index (κ3) is 0.825. The maximum absolute atomic E-state index is 7.13. The number of halogens is 1. The van der Waals surface area contributed by atoms with Gasteiger partial charge in [0, 0.05) is 11.1 Å². The molecule has 0 bridgehead atoms. The lowest BCUT2D eigenvalue weighted by Gasteiger charge is -1.85. The zero-order chi connectivity index (χ0) is 9.52. The minimum atomic E-state index is -2.46. The molecule has 0 spiro atoms. The number of nitrogens with zero attached hydrogens (tertiary/aromatic N) is 2. The molecule has 0 unspecified atom stereocenters. The van der Waals surface area contributed by atoms with Crippen LogP contribution in [-0.4, -0.2) is 9.55 Å². The molecule has 0 aromatic carbocycles. The predicted octanol–water partition coefficient (Wildman–Crippen LogP) is 1.18. The van der Waals surface area contributed by atoms with Crippen LogP contribution in [0.5, 0.6) is 0 Å². The van der Waals surface area contributed by atoms with Gasteiger partial charge in [-0.3, -0.25) is 0 Å². The summed E-state index contributed by atoms with van der Waals surface area (Å²) in [6, 6.07) is 0. The molecule has 0 N–H and O–H groups in total. The van der Waals surface area contributed by atoms with Crippen molar-refractivity contribution in [1.82, 2.24) is 9.55 Å². The molecule has 1 aromatic rings. The van der Waals surface area contributed by atoms with Gasteiger partial charge in [0.1, 0.15) is 5.97 Å². The first-order chi connectivity index (χ1) is 5.34. The Morgan fingerprint density at radius 3 is 3.43 bits per heavy atom. The number of rotatable bonds is 0. The molecule has 1 heterocycles. The first-order valence-electron chi connectivity index (χ1n) is 4.06. The first-order valence-corrected chi connectivity index (χ1v) is 2.35. The van der Waals surface area contributed by atoms with E-state index in [4.69, 9.17) is 6.85 Å². The summed E-state index contributed by atoms with van der Waals surface area (Å²) in [5.74, 6) is 0. The summed E-state index contributed by atoms with van der Waals surface area (Å²) in [6.07, 6.45) is -0.678. The standard InChI is InChI=1S/C4H5BrN2/c1-7-3-6-2-4(7)5/h2-3H,1H3/i1D3,2D,3D. The molecule has 0 aliphatic rings. The van der Waals surface area contributed by atoms with E-state index >= 15 is 0 Å². The highest BCUT2D eigenvalue weighted by Crippen LogP contribution is 2.03. The molecule has 1 rings (SSSR count). The van der Waals surface area contributed by atoms with E-state index in [1.807, 2.05) is 0 Å². The second-order valence-corrected chi connectivity index (χ2v) is 1.70. The zero-order valence-corrected chi connectivity index (χ0v) is 4.86. The minimum Gasteiger partial charge on any atom is -0.329 e. The molecule has 0 aliphatic heterocycles. The van der Waals surface area contributed by atoms with E-state index in [0.29, 0.717) is 4.57 Å². The number of hydrogen-bond donors (Lipinski definition) is 0. The van der Waals surface area contributed by atoms with E-state index < -0.39 is 13.3 Å². The molecule has 0 atom stereocenters. The summed E-state index contributed by atoms with van der Waals surface area (Å²) < 4.78 is 35.9. The molecule has 3 heteroatoms. The van der Waals surface area contributed by atoms with Crippen LogP contribution >= 0.6 is 15.9 Å². The van der Waals surface area contributed by atoms with Gasteiger partial charge >= 0.3 is 0 Å². The highest BCUT2D eigenvalue weighted by atomic mass is 79.9. The van der Waals surface area contributed by atoms with Crippen LogP contribution in [0.4, 0.5) is 0 Å². The fourth-order valence-electron chi connectivity index (χ4n) is 0.215. The molecule has 0 radical (unpaired) electrons. The largest absolute Gasteiger partial charge is 0.329 e. The van der Waals surface area contributed by atoms with Gasteiger partial charge < -0.3 is 4.57 Å². The third-order valence-corrected chi connectivity index (χ3v) is 1.03. The highest BCUT2D eigenvalue weighted by molar-refractivity contribution is 9.10. The van der Waals surface area contributed by atoms with Gasteiger partial charge in [-0.25, -0.2) is 4.98 Å². The van der Waals surface area contributed by atoms with Crippen molar-refractivity contribution in [3.05, 3.63) is 17.1 Å². The Bertz CT molecular complexity index is 303. The molecular weight excluding hydrogens is 156 g/mol. The van der Waals surface area contributed by atoms with Gasteiger partial charge in [-0.15, -0.1) is 0 Å². The van der Waals surface area contributed by atoms with Crippen LogP contribution in [-0.2, 0) is 6.98 Å². The Morgan fingerprint density at radius 2 is 3.14 bits per heavy atom. The van der Waals surface area contributed by atoms with Crippen LogP contribution < -0.4 is 0 Å². The summed E-state index contributed by atoms with van der Waals surface area (Å²) in [4.78, 5) is 3.37. The molecule has 0 aliphatic carbocycles. The Balaban J connectivity index is 3.32. The Hall–Kier alpha value is -0.310. The van der Waals surface area contributed by atoms with Gasteiger partial charge in [-0.2, -0.15) is 0 Å². The molecule has 0 amide bonds. The average Bonchev–Trinajstić information content (AvgIpc) is 2.05. The average molecular weight is 166 g/mol. The number of imidazole rings is 1. The molecule has 0 saturated heterocycles. The fraction of sp³-hybridized carbons (Fsp3) is 0.250. The summed E-state index contributed by atoms with van der Waals surface area (Å²) in [5, 5.41) is 0. The second-order valence-electron chi connectivity index (χ2n) is 0.950. The summed E-state index contributed by atoms with van der Waals surface area (Å²) in [6.45, 7) is -2.46. The van der Waals surface area contributed by atoms with E-state index in [-0.39, 0.29) is 10.8 Å². The molecule has 0 saturated carbocycles. The summed E-state index contributed by atoms with van der Waals surface area (Å²) >= 11 is 2.87. The van der Waals surface area contributed by atoms with Crippen LogP contribution in [0.2, 0.25) is 0 Å². The zero-order valence-electron chi connectivity index (χ0n) is 8.27. The van der Waals surface area contributed by atoms with Crippen molar-refractivity contribution in [3.63, 3.8) is 0 Å². The molecule has 38 valence electrons. The first kappa shape index (κ1) is 1.58. The van der Waals surface area contributed by atoms with Gasteiger partial charge in [0.25, 0.3) is 0 Å². The monoisotopic (exact) mass is 165 g/mol. The lowest BCUT2D eigenvalue weighted by atomic mass is 10.9. The van der Waals surface area contributed by atoms with Gasteiger partial charge in [0.15, 0.2) is 0 Å². The highest BCUT2D eigenvalue weighted by Gasteiger charge is 1.85. The minimum absolute atomic E-state index is 0.00694. The van der Waals surface area contributed by atoms with E-state index in [0.717, 1.165) is 0 Å². The SMILES string of the molecule is [2H]c1nc([2H])n(C([2H])([2H])[2H])c1Br. The van der Waals surface area contributed by atoms with Crippen LogP contribution in [0.3, 0.4) is 0 Å². The quantitative estimate of drug-likeness (QED) is 0.565. The Kier molecular flexibility index (Phi) is 0.375. The lowest BCUT2D eigenvalue weighted by molar-refractivity contribution is 0.891. The number of aromatic nitrogens is 2. The third-order valence-electron chi connectivity index (χ3n) is 0.494. The maximum atomic E-state index is 7.13. The van der Waals surface area contributed by atoms with Crippen LogP contribution in [0.1, 0.15) is 6.85 Å². The Labute approximate surface area is 57.3 Å². The second kappa shape index (κ2) is 1.66. The van der Waals surface area contributed by atoms with Crippen molar-refractivity contribution >= 4 is 15.9 Å². The van der Waals surface area contributed by atoms with Crippen LogP contribution in [0, 0.1) is 0 Å². The number of hydrogen-bond acceptors (Lipinski definition) is 1. The smallest absolute Gasteiger partial charge is 0.104 e. The molecule has 0 fully saturated rings. The van der Waals surface area contributed by atoms with Crippen molar-refractivity contribution in [3.8, 4) is 0 Å². The van der Waals surface area contributed by atoms with Crippen molar-refractivity contribution in [2.24, 2.45) is 6.98 Å². The normalized spacial score (nSPS) is 21.6. The van der Waals surface area contributed by atoms with E-state index in [1.165, 1.54) is 0 Å².